The summed E-state index contributed by atoms with van der Waals surface area (Å²) in [5.41, 5.74) is 1.61. The molecule has 2 aromatic rings. The van der Waals surface area contributed by atoms with Crippen molar-refractivity contribution in [2.75, 3.05) is 31.1 Å². The maximum Gasteiger partial charge on any atom is 0.317 e. The molecule has 1 fully saturated rings. The Balaban J connectivity index is 1.50. The van der Waals surface area contributed by atoms with Crippen molar-refractivity contribution in [3.63, 3.8) is 0 Å². The molecule has 2 N–H and O–H groups in total. The van der Waals surface area contributed by atoms with E-state index in [0.717, 1.165) is 11.4 Å². The highest BCUT2D eigenvalue weighted by Gasteiger charge is 2.22. The summed E-state index contributed by atoms with van der Waals surface area (Å²) in [7, 11) is 0. The summed E-state index contributed by atoms with van der Waals surface area (Å²) in [6.45, 7) is 4.76. The number of nitrogens with one attached hydrogen (secondary N) is 1. The lowest BCUT2D eigenvalue weighted by atomic mass is 10.2. The lowest BCUT2D eigenvalue weighted by molar-refractivity contribution is 0.192. The highest BCUT2D eigenvalue weighted by molar-refractivity contribution is 5.74. The Morgan fingerprint density at radius 1 is 1.30 bits per heavy atom. The highest BCUT2D eigenvalue weighted by atomic mass is 16.5. The zero-order valence-corrected chi connectivity index (χ0v) is 13.0. The largest absolute Gasteiger partial charge is 0.506 e. The van der Waals surface area contributed by atoms with Gasteiger partial charge in [0.1, 0.15) is 5.75 Å². The summed E-state index contributed by atoms with van der Waals surface area (Å²) in [5, 5.41) is 16.5. The number of piperazine rings is 1. The number of phenols is 1. The molecular formula is C16H20N4O3. The third-order valence-corrected chi connectivity index (χ3v) is 3.88. The number of amides is 2. The second kappa shape index (κ2) is 6.60. The molecular weight excluding hydrogens is 296 g/mol. The van der Waals surface area contributed by atoms with Crippen molar-refractivity contribution in [2.24, 2.45) is 0 Å². The van der Waals surface area contributed by atoms with Gasteiger partial charge in [0.25, 0.3) is 0 Å². The molecule has 0 aliphatic carbocycles. The van der Waals surface area contributed by atoms with Gasteiger partial charge in [-0.15, -0.1) is 0 Å². The van der Waals surface area contributed by atoms with Gasteiger partial charge in [-0.2, -0.15) is 0 Å². The number of rotatable bonds is 3. The van der Waals surface area contributed by atoms with Gasteiger partial charge in [-0.3, -0.25) is 0 Å². The molecule has 1 aliphatic heterocycles. The highest BCUT2D eigenvalue weighted by Crippen LogP contribution is 2.27. The molecule has 1 aromatic carbocycles. The Hall–Kier alpha value is -2.70. The number of hydrogen-bond donors (Lipinski definition) is 2. The molecule has 0 saturated carbocycles. The second-order valence-corrected chi connectivity index (χ2v) is 5.56. The summed E-state index contributed by atoms with van der Waals surface area (Å²) in [5.74, 6) is 0.912. The van der Waals surface area contributed by atoms with E-state index in [1.54, 1.807) is 23.1 Å². The third kappa shape index (κ3) is 3.56. The van der Waals surface area contributed by atoms with Gasteiger partial charge in [0, 0.05) is 32.2 Å². The molecule has 7 heteroatoms. The molecule has 1 aliphatic rings. The van der Waals surface area contributed by atoms with Crippen LogP contribution in [0.4, 0.5) is 10.5 Å². The van der Waals surface area contributed by atoms with Crippen molar-refractivity contribution in [2.45, 2.75) is 13.5 Å². The van der Waals surface area contributed by atoms with Gasteiger partial charge >= 0.3 is 6.03 Å². The van der Waals surface area contributed by atoms with E-state index in [-0.39, 0.29) is 11.8 Å². The standard InChI is InChI=1S/C16H20N4O3/c1-12-10-13(23-18-12)11-17-16(22)20-8-6-19(7-9-20)14-4-2-3-5-15(14)21/h2-5,10,21H,6-9,11H2,1H3,(H,17,22). The number of aromatic nitrogens is 1. The number of urea groups is 1. The molecule has 7 nitrogen and oxygen atoms in total. The number of anilines is 1. The number of aryl methyl sites for hydroxylation is 1. The first-order valence-electron chi connectivity index (χ1n) is 7.61. The number of hydrogen-bond acceptors (Lipinski definition) is 5. The third-order valence-electron chi connectivity index (χ3n) is 3.88. The van der Waals surface area contributed by atoms with Crippen molar-refractivity contribution in [1.29, 1.82) is 0 Å². The van der Waals surface area contributed by atoms with Crippen LogP contribution < -0.4 is 10.2 Å². The van der Waals surface area contributed by atoms with E-state index in [9.17, 15) is 9.90 Å². The molecule has 0 radical (unpaired) electrons. The van der Waals surface area contributed by atoms with E-state index in [1.165, 1.54) is 0 Å². The summed E-state index contributed by atoms with van der Waals surface area (Å²) >= 11 is 0. The number of carbonyl (C=O) groups is 1. The fraction of sp³-hybridized carbons (Fsp3) is 0.375. The average molecular weight is 316 g/mol. The van der Waals surface area contributed by atoms with E-state index in [1.807, 2.05) is 19.1 Å². The fourth-order valence-electron chi connectivity index (χ4n) is 2.66. The molecule has 1 aromatic heterocycles. The number of nitrogens with zero attached hydrogens (tertiary/aromatic N) is 3. The van der Waals surface area contributed by atoms with Crippen molar-refractivity contribution in [3.8, 4) is 5.75 Å². The zero-order chi connectivity index (χ0) is 16.2. The number of para-hydroxylation sites is 2. The van der Waals surface area contributed by atoms with Crippen LogP contribution in [0.25, 0.3) is 0 Å². The number of carbonyl (C=O) groups excluding carboxylic acids is 1. The van der Waals surface area contributed by atoms with Gasteiger partial charge in [0.05, 0.1) is 17.9 Å². The summed E-state index contributed by atoms with van der Waals surface area (Å²) in [4.78, 5) is 16.0. The molecule has 3 rings (SSSR count). The number of aromatic hydroxyl groups is 1. The maximum atomic E-state index is 12.2. The summed E-state index contributed by atoms with van der Waals surface area (Å²) in [6, 6.07) is 8.94. The zero-order valence-electron chi connectivity index (χ0n) is 13.0. The number of benzene rings is 1. The van der Waals surface area contributed by atoms with Crippen LogP contribution in [0.3, 0.4) is 0 Å². The van der Waals surface area contributed by atoms with Crippen LogP contribution in [0.2, 0.25) is 0 Å². The van der Waals surface area contributed by atoms with Crippen LogP contribution >= 0.6 is 0 Å². The van der Waals surface area contributed by atoms with Crippen LogP contribution in [0.1, 0.15) is 11.5 Å². The topological polar surface area (TPSA) is 81.8 Å². The van der Waals surface area contributed by atoms with E-state index in [4.69, 9.17) is 4.52 Å². The smallest absolute Gasteiger partial charge is 0.317 e. The van der Waals surface area contributed by atoms with Crippen LogP contribution in [0.5, 0.6) is 5.75 Å². The lowest BCUT2D eigenvalue weighted by Crippen LogP contribution is -2.51. The minimum atomic E-state index is -0.115. The van der Waals surface area contributed by atoms with Crippen molar-refractivity contribution >= 4 is 11.7 Å². The first kappa shape index (κ1) is 15.2. The Kier molecular flexibility index (Phi) is 4.36. The predicted molar refractivity (Wildman–Crippen MR) is 85.4 cm³/mol. The van der Waals surface area contributed by atoms with E-state index in [0.29, 0.717) is 38.5 Å². The summed E-state index contributed by atoms with van der Waals surface area (Å²) < 4.78 is 5.07. The minimum absolute atomic E-state index is 0.115. The van der Waals surface area contributed by atoms with Crippen molar-refractivity contribution in [1.82, 2.24) is 15.4 Å². The van der Waals surface area contributed by atoms with Gasteiger partial charge in [0.15, 0.2) is 5.76 Å². The van der Waals surface area contributed by atoms with E-state index < -0.39 is 0 Å². The molecule has 0 unspecified atom stereocenters. The van der Waals surface area contributed by atoms with Gasteiger partial charge in [-0.1, -0.05) is 17.3 Å². The van der Waals surface area contributed by atoms with Gasteiger partial charge in [0.2, 0.25) is 0 Å². The molecule has 2 heterocycles. The normalized spacial score (nSPS) is 14.8. The first-order valence-corrected chi connectivity index (χ1v) is 7.61. The SMILES string of the molecule is Cc1cc(CNC(=O)N2CCN(c3ccccc3O)CC2)on1. The predicted octanol–water partition coefficient (Wildman–Crippen LogP) is 1.72. The molecule has 1 saturated heterocycles. The molecule has 0 atom stereocenters. The van der Waals surface area contributed by atoms with Crippen LogP contribution in [-0.2, 0) is 6.54 Å². The Morgan fingerprint density at radius 2 is 2.04 bits per heavy atom. The van der Waals surface area contributed by atoms with Crippen LogP contribution in [0, 0.1) is 6.92 Å². The Morgan fingerprint density at radius 3 is 2.70 bits per heavy atom. The monoisotopic (exact) mass is 316 g/mol. The minimum Gasteiger partial charge on any atom is -0.506 e. The van der Waals surface area contributed by atoms with E-state index >= 15 is 0 Å². The molecule has 2 amide bonds. The van der Waals surface area contributed by atoms with Gasteiger partial charge < -0.3 is 24.7 Å². The van der Waals surface area contributed by atoms with Crippen LogP contribution in [-0.4, -0.2) is 47.4 Å². The molecule has 0 spiro atoms. The maximum absolute atomic E-state index is 12.2. The first-order chi connectivity index (χ1) is 11.1. The molecule has 122 valence electrons. The fourth-order valence-corrected chi connectivity index (χ4v) is 2.66. The second-order valence-electron chi connectivity index (χ2n) is 5.56. The van der Waals surface area contributed by atoms with Crippen molar-refractivity contribution < 1.29 is 14.4 Å². The quantitative estimate of drug-likeness (QED) is 0.901. The van der Waals surface area contributed by atoms with Crippen LogP contribution in [0.15, 0.2) is 34.9 Å². The lowest BCUT2D eigenvalue weighted by Gasteiger charge is -2.36. The number of phenolic OH excluding ortho intramolecular Hbond substituents is 1. The Bertz CT molecular complexity index is 677. The molecule has 0 bridgehead atoms. The Labute approximate surface area is 134 Å². The summed E-state index contributed by atoms with van der Waals surface area (Å²) in [6.07, 6.45) is 0. The molecule has 23 heavy (non-hydrogen) atoms. The van der Waals surface area contributed by atoms with Crippen molar-refractivity contribution in [3.05, 3.63) is 41.8 Å². The van der Waals surface area contributed by atoms with Gasteiger partial charge in [-0.05, 0) is 19.1 Å². The van der Waals surface area contributed by atoms with E-state index in [2.05, 4.69) is 15.4 Å². The average Bonchev–Trinajstić information content (AvgIpc) is 2.99. The van der Waals surface area contributed by atoms with Gasteiger partial charge in [-0.25, -0.2) is 4.79 Å².